The Morgan fingerprint density at radius 1 is 1.13 bits per heavy atom. The van der Waals surface area contributed by atoms with Gasteiger partial charge in [-0.3, -0.25) is 4.79 Å². The van der Waals surface area contributed by atoms with Gasteiger partial charge in [-0.25, -0.2) is 17.9 Å². The second-order valence-electron chi connectivity index (χ2n) is 9.74. The van der Waals surface area contributed by atoms with E-state index in [0.717, 1.165) is 43.4 Å². The Morgan fingerprint density at radius 3 is 2.30 bits per heavy atom. The Morgan fingerprint density at radius 2 is 1.73 bits per heavy atom. The van der Waals surface area contributed by atoms with E-state index in [9.17, 15) is 18.0 Å². The van der Waals surface area contributed by atoms with E-state index in [1.807, 2.05) is 0 Å². The molecule has 4 bridgehead atoms. The number of ether oxygens (including phenoxy) is 1. The van der Waals surface area contributed by atoms with Crippen molar-refractivity contribution < 1.29 is 22.7 Å². The normalized spacial score (nSPS) is 33.3. The molecule has 0 radical (unpaired) electrons. The lowest BCUT2D eigenvalue weighted by atomic mass is 9.53. The fraction of sp³-hybridized carbons (Fsp3) is 0.714. The molecule has 6 rings (SSSR count). The van der Waals surface area contributed by atoms with Crippen LogP contribution >= 0.6 is 11.3 Å². The highest BCUT2D eigenvalue weighted by atomic mass is 32.2. The maximum atomic E-state index is 12.9. The number of rotatable bonds is 7. The molecule has 5 fully saturated rings. The summed E-state index contributed by atoms with van der Waals surface area (Å²) in [6, 6.07) is 1.36. The lowest BCUT2D eigenvalue weighted by molar-refractivity contribution is -0.134. The monoisotopic (exact) mass is 452 g/mol. The first-order chi connectivity index (χ1) is 14.2. The molecule has 9 heteroatoms. The molecule has 5 aliphatic carbocycles. The smallest absolute Gasteiger partial charge is 0.350 e. The van der Waals surface area contributed by atoms with Crippen LogP contribution in [0.25, 0.3) is 0 Å². The fourth-order valence-electron chi connectivity index (χ4n) is 6.04. The summed E-state index contributed by atoms with van der Waals surface area (Å²) in [5.41, 5.74) is -0.155. The minimum Gasteiger partial charge on any atom is -0.448 e. The summed E-state index contributed by atoms with van der Waals surface area (Å²) in [7, 11) is -3.76. The molecule has 1 aromatic rings. The van der Waals surface area contributed by atoms with Gasteiger partial charge >= 0.3 is 5.97 Å². The van der Waals surface area contributed by atoms with Crippen molar-refractivity contribution in [2.24, 2.45) is 17.8 Å². The number of hydrogen-bond acceptors (Lipinski definition) is 6. The van der Waals surface area contributed by atoms with Crippen LogP contribution in [0.4, 0.5) is 0 Å². The second kappa shape index (κ2) is 7.31. The molecule has 1 amide bonds. The minimum absolute atomic E-state index is 0.0117. The van der Waals surface area contributed by atoms with Crippen LogP contribution in [0.15, 0.2) is 16.3 Å². The van der Waals surface area contributed by atoms with E-state index in [2.05, 4.69) is 10.0 Å². The molecule has 2 N–H and O–H groups in total. The summed E-state index contributed by atoms with van der Waals surface area (Å²) in [6.45, 7) is 1.55. The molecular formula is C21H28N2O5S2. The van der Waals surface area contributed by atoms with Crippen LogP contribution in [0, 0.1) is 17.8 Å². The van der Waals surface area contributed by atoms with E-state index in [1.165, 1.54) is 25.3 Å². The molecular weight excluding hydrogens is 424 g/mol. The predicted octanol–water partition coefficient (Wildman–Crippen LogP) is 2.82. The molecule has 0 aromatic carbocycles. The fourth-order valence-corrected chi connectivity index (χ4v) is 8.64. The number of esters is 1. The predicted molar refractivity (Wildman–Crippen MR) is 112 cm³/mol. The molecule has 7 nitrogen and oxygen atoms in total. The molecule has 5 aliphatic rings. The lowest BCUT2D eigenvalue weighted by Gasteiger charge is -2.57. The summed E-state index contributed by atoms with van der Waals surface area (Å²) in [5, 5.41) is 4.76. The van der Waals surface area contributed by atoms with E-state index in [-0.39, 0.29) is 27.3 Å². The Labute approximate surface area is 181 Å². The van der Waals surface area contributed by atoms with Crippen LogP contribution in [0.3, 0.4) is 0 Å². The van der Waals surface area contributed by atoms with Crippen LogP contribution in [0.2, 0.25) is 0 Å². The Kier molecular flexibility index (Phi) is 4.98. The van der Waals surface area contributed by atoms with Crippen molar-refractivity contribution in [3.63, 3.8) is 0 Å². The molecule has 1 atom stereocenters. The quantitative estimate of drug-likeness (QED) is 0.620. The van der Waals surface area contributed by atoms with Crippen molar-refractivity contribution in [2.45, 2.75) is 80.9 Å². The summed E-state index contributed by atoms with van der Waals surface area (Å²) < 4.78 is 33.0. The van der Waals surface area contributed by atoms with Gasteiger partial charge < -0.3 is 10.1 Å². The summed E-state index contributed by atoms with van der Waals surface area (Å²) in [4.78, 5) is 25.5. The van der Waals surface area contributed by atoms with Crippen LogP contribution in [-0.4, -0.2) is 38.0 Å². The van der Waals surface area contributed by atoms with Crippen molar-refractivity contribution in [1.29, 1.82) is 0 Å². The molecule has 1 aromatic heterocycles. The third-order valence-electron chi connectivity index (χ3n) is 7.08. The van der Waals surface area contributed by atoms with Gasteiger partial charge in [0.1, 0.15) is 9.77 Å². The van der Waals surface area contributed by atoms with Gasteiger partial charge in [0.05, 0.1) is 0 Å². The van der Waals surface area contributed by atoms with Gasteiger partial charge in [-0.2, -0.15) is 0 Å². The van der Waals surface area contributed by atoms with Gasteiger partial charge in [0.2, 0.25) is 10.0 Å². The van der Waals surface area contributed by atoms with E-state index in [1.54, 1.807) is 12.3 Å². The van der Waals surface area contributed by atoms with Crippen LogP contribution < -0.4 is 10.0 Å². The van der Waals surface area contributed by atoms with Crippen molar-refractivity contribution in [3.8, 4) is 0 Å². The van der Waals surface area contributed by atoms with E-state index < -0.39 is 22.1 Å². The largest absolute Gasteiger partial charge is 0.448 e. The summed E-state index contributed by atoms with van der Waals surface area (Å²) in [6.07, 6.45) is 7.55. The minimum atomic E-state index is -3.76. The van der Waals surface area contributed by atoms with Gasteiger partial charge in [0.15, 0.2) is 6.10 Å². The Balaban J connectivity index is 1.24. The molecule has 1 heterocycles. The molecule has 30 heavy (non-hydrogen) atoms. The second-order valence-corrected chi connectivity index (χ2v) is 12.3. The van der Waals surface area contributed by atoms with Crippen LogP contribution in [0.1, 0.15) is 68.0 Å². The van der Waals surface area contributed by atoms with Crippen LogP contribution in [0.5, 0.6) is 0 Å². The first-order valence-corrected chi connectivity index (χ1v) is 13.2. The molecule has 5 saturated carbocycles. The van der Waals surface area contributed by atoms with Gasteiger partial charge in [-0.05, 0) is 87.5 Å². The number of thiophene rings is 1. The first kappa shape index (κ1) is 20.5. The number of amides is 1. The van der Waals surface area contributed by atoms with E-state index >= 15 is 0 Å². The molecule has 0 spiro atoms. The molecule has 0 aliphatic heterocycles. The topological polar surface area (TPSA) is 102 Å². The average Bonchev–Trinajstić information content (AvgIpc) is 3.29. The third-order valence-corrected chi connectivity index (χ3v) is 9.67. The lowest BCUT2D eigenvalue weighted by Crippen LogP contribution is -2.61. The summed E-state index contributed by atoms with van der Waals surface area (Å²) in [5.74, 6) is 1.04. The highest BCUT2D eigenvalue weighted by Gasteiger charge is 2.51. The average molecular weight is 453 g/mol. The van der Waals surface area contributed by atoms with Crippen molar-refractivity contribution in [3.05, 3.63) is 16.3 Å². The zero-order valence-electron chi connectivity index (χ0n) is 17.1. The Bertz CT molecular complexity index is 931. The molecule has 1 unspecified atom stereocenters. The maximum Gasteiger partial charge on any atom is 0.350 e. The van der Waals surface area contributed by atoms with Crippen molar-refractivity contribution >= 4 is 33.2 Å². The van der Waals surface area contributed by atoms with Crippen molar-refractivity contribution in [2.75, 3.05) is 0 Å². The number of sulfonamides is 1. The number of carbonyl (C=O) groups is 2. The van der Waals surface area contributed by atoms with Crippen LogP contribution in [-0.2, 0) is 19.6 Å². The zero-order valence-corrected chi connectivity index (χ0v) is 18.7. The third kappa shape index (κ3) is 3.91. The number of hydrogen-bond donors (Lipinski definition) is 2. The molecule has 164 valence electrons. The van der Waals surface area contributed by atoms with Gasteiger partial charge in [0, 0.05) is 11.6 Å². The van der Waals surface area contributed by atoms with Gasteiger partial charge in [-0.15, -0.1) is 11.3 Å². The maximum absolute atomic E-state index is 12.9. The Hall–Kier alpha value is -1.45. The van der Waals surface area contributed by atoms with E-state index in [4.69, 9.17) is 4.74 Å². The summed E-state index contributed by atoms with van der Waals surface area (Å²) >= 11 is 1.02. The van der Waals surface area contributed by atoms with Gasteiger partial charge in [-0.1, -0.05) is 0 Å². The first-order valence-electron chi connectivity index (χ1n) is 10.9. The standard InChI is InChI=1S/C21H28N2O5S2/c1-12(19(24)22-21-9-13-6-14(10-21)8-15(7-13)11-21)28-20(25)18-17(4-5-29-18)30(26,27)23-16-2-3-16/h4-5,12-16,23H,2-3,6-11H2,1H3,(H,22,24). The van der Waals surface area contributed by atoms with Gasteiger partial charge in [0.25, 0.3) is 5.91 Å². The van der Waals surface area contributed by atoms with E-state index in [0.29, 0.717) is 17.8 Å². The highest BCUT2D eigenvalue weighted by Crippen LogP contribution is 2.55. The SMILES string of the molecule is CC(OC(=O)c1sccc1S(=O)(=O)NC1CC1)C(=O)NC12CC3CC(CC(C3)C1)C2. The highest BCUT2D eigenvalue weighted by molar-refractivity contribution is 7.89. The zero-order chi connectivity index (χ0) is 21.1. The number of carbonyl (C=O) groups excluding carboxylic acids is 2. The molecule has 0 saturated heterocycles. The van der Waals surface area contributed by atoms with Crippen molar-refractivity contribution in [1.82, 2.24) is 10.0 Å². The number of nitrogens with one attached hydrogen (secondary N) is 2.